The van der Waals surface area contributed by atoms with Crippen molar-refractivity contribution in [2.75, 3.05) is 5.32 Å². The van der Waals surface area contributed by atoms with Crippen LogP contribution in [0.3, 0.4) is 0 Å². The Balaban J connectivity index is 2.24. The molecule has 2 rings (SSSR count). The second kappa shape index (κ2) is 6.00. The molecule has 0 radical (unpaired) electrons. The number of anilines is 1. The summed E-state index contributed by atoms with van der Waals surface area (Å²) in [6.45, 7) is 0.115. The quantitative estimate of drug-likeness (QED) is 0.882. The van der Waals surface area contributed by atoms with Crippen molar-refractivity contribution in [1.29, 1.82) is 0 Å². The van der Waals surface area contributed by atoms with E-state index in [-0.39, 0.29) is 22.3 Å². The van der Waals surface area contributed by atoms with E-state index in [0.717, 1.165) is 12.1 Å². The van der Waals surface area contributed by atoms with E-state index in [4.69, 9.17) is 5.11 Å². The number of hydrogen-bond acceptors (Lipinski definition) is 2. The first-order chi connectivity index (χ1) is 9.49. The van der Waals surface area contributed by atoms with Gasteiger partial charge in [0.2, 0.25) is 0 Å². The van der Waals surface area contributed by atoms with Gasteiger partial charge in [-0.25, -0.2) is 13.6 Å². The van der Waals surface area contributed by atoms with Crippen molar-refractivity contribution in [3.05, 3.63) is 63.6 Å². The number of nitrogens with one attached hydrogen (secondary N) is 1. The second-order valence-corrected chi connectivity index (χ2v) is 4.91. The van der Waals surface area contributed by atoms with E-state index in [9.17, 15) is 13.6 Å². The summed E-state index contributed by atoms with van der Waals surface area (Å²) in [5.74, 6) is -2.49. The van der Waals surface area contributed by atoms with Gasteiger partial charge in [0.15, 0.2) is 0 Å². The molecule has 0 aliphatic heterocycles. The Morgan fingerprint density at radius 1 is 1.25 bits per heavy atom. The molecule has 0 atom stereocenters. The van der Waals surface area contributed by atoms with Gasteiger partial charge in [-0.2, -0.15) is 0 Å². The van der Waals surface area contributed by atoms with Crippen molar-refractivity contribution in [2.45, 2.75) is 6.54 Å². The first-order valence-corrected chi connectivity index (χ1v) is 6.48. The summed E-state index contributed by atoms with van der Waals surface area (Å²) in [5, 5.41) is 11.8. The summed E-state index contributed by atoms with van der Waals surface area (Å²) in [7, 11) is 0. The van der Waals surface area contributed by atoms with Crippen LogP contribution in [-0.4, -0.2) is 11.1 Å². The largest absolute Gasteiger partial charge is 0.478 e. The number of halogens is 3. The van der Waals surface area contributed by atoms with Crippen LogP contribution in [0, 0.1) is 11.6 Å². The Kier molecular flexibility index (Phi) is 4.34. The van der Waals surface area contributed by atoms with E-state index in [2.05, 4.69) is 21.2 Å². The van der Waals surface area contributed by atoms with E-state index in [1.54, 1.807) is 18.2 Å². The number of carbonyl (C=O) groups is 1. The van der Waals surface area contributed by atoms with Gasteiger partial charge in [-0.1, -0.05) is 18.2 Å². The highest BCUT2D eigenvalue weighted by atomic mass is 79.9. The minimum absolute atomic E-state index is 0.0894. The molecule has 0 heterocycles. The number of aromatic carboxylic acids is 1. The normalized spacial score (nSPS) is 10.3. The van der Waals surface area contributed by atoms with Crippen LogP contribution in [0.1, 0.15) is 15.9 Å². The van der Waals surface area contributed by atoms with Crippen molar-refractivity contribution < 1.29 is 18.7 Å². The zero-order valence-corrected chi connectivity index (χ0v) is 11.7. The molecule has 2 N–H and O–H groups in total. The third kappa shape index (κ3) is 3.14. The molecule has 0 spiro atoms. The van der Waals surface area contributed by atoms with Crippen molar-refractivity contribution in [2.24, 2.45) is 0 Å². The van der Waals surface area contributed by atoms with E-state index >= 15 is 0 Å². The lowest BCUT2D eigenvalue weighted by molar-refractivity contribution is 0.0696. The lowest BCUT2D eigenvalue weighted by atomic mass is 10.1. The van der Waals surface area contributed by atoms with Crippen LogP contribution in [0.5, 0.6) is 0 Å². The van der Waals surface area contributed by atoms with Gasteiger partial charge < -0.3 is 10.4 Å². The average molecular weight is 342 g/mol. The fourth-order valence-electron chi connectivity index (χ4n) is 1.78. The molecule has 0 bridgehead atoms. The number of benzene rings is 2. The highest BCUT2D eigenvalue weighted by molar-refractivity contribution is 9.10. The molecule has 0 saturated carbocycles. The third-order valence-corrected chi connectivity index (χ3v) is 3.34. The van der Waals surface area contributed by atoms with Crippen LogP contribution in [0.25, 0.3) is 0 Å². The molecular formula is C14H10BrF2NO2. The molecule has 0 aromatic heterocycles. The predicted octanol–water partition coefficient (Wildman–Crippen LogP) is 4.04. The molecule has 0 unspecified atom stereocenters. The highest BCUT2D eigenvalue weighted by Gasteiger charge is 2.12. The van der Waals surface area contributed by atoms with E-state index in [0.29, 0.717) is 5.56 Å². The van der Waals surface area contributed by atoms with Gasteiger partial charge >= 0.3 is 5.97 Å². The molecule has 2 aromatic rings. The van der Waals surface area contributed by atoms with Gasteiger partial charge in [-0.05, 0) is 33.6 Å². The van der Waals surface area contributed by atoms with E-state index in [1.807, 2.05) is 0 Å². The Labute approximate surface area is 122 Å². The average Bonchev–Trinajstić information content (AvgIpc) is 2.37. The van der Waals surface area contributed by atoms with Gasteiger partial charge in [0.05, 0.1) is 11.3 Å². The first-order valence-electron chi connectivity index (χ1n) is 5.68. The molecule has 0 aliphatic carbocycles. The first kappa shape index (κ1) is 14.5. The molecule has 6 heteroatoms. The van der Waals surface area contributed by atoms with Gasteiger partial charge in [0.1, 0.15) is 11.6 Å². The molecule has 0 saturated heterocycles. The van der Waals surface area contributed by atoms with Gasteiger partial charge in [-0.3, -0.25) is 0 Å². The molecule has 0 aliphatic rings. The predicted molar refractivity (Wildman–Crippen MR) is 74.8 cm³/mol. The molecule has 20 heavy (non-hydrogen) atoms. The molecule has 104 valence electrons. The highest BCUT2D eigenvalue weighted by Crippen LogP contribution is 2.27. The SMILES string of the molecule is O=C(O)c1ccccc1CNc1c(F)cc(F)cc1Br. The van der Waals surface area contributed by atoms with Crippen LogP contribution in [-0.2, 0) is 6.54 Å². The maximum Gasteiger partial charge on any atom is 0.336 e. The van der Waals surface area contributed by atoms with E-state index < -0.39 is 17.6 Å². The Morgan fingerprint density at radius 3 is 2.60 bits per heavy atom. The lowest BCUT2D eigenvalue weighted by Crippen LogP contribution is -2.08. The molecular weight excluding hydrogens is 332 g/mol. The molecule has 0 amide bonds. The van der Waals surface area contributed by atoms with Crippen LogP contribution in [0.4, 0.5) is 14.5 Å². The van der Waals surface area contributed by atoms with Crippen LogP contribution in [0.2, 0.25) is 0 Å². The summed E-state index contributed by atoms with van der Waals surface area (Å²) in [5.41, 5.74) is 0.737. The number of rotatable bonds is 4. The Morgan fingerprint density at radius 2 is 1.95 bits per heavy atom. The van der Waals surface area contributed by atoms with Crippen molar-refractivity contribution in [3.63, 3.8) is 0 Å². The van der Waals surface area contributed by atoms with Crippen molar-refractivity contribution in [1.82, 2.24) is 0 Å². The Bertz CT molecular complexity index is 638. The maximum absolute atomic E-state index is 13.6. The molecule has 0 fully saturated rings. The maximum atomic E-state index is 13.6. The summed E-state index contributed by atoms with van der Waals surface area (Å²) in [6, 6.07) is 8.30. The van der Waals surface area contributed by atoms with Gasteiger partial charge in [0.25, 0.3) is 0 Å². The fraction of sp³-hybridized carbons (Fsp3) is 0.0714. The summed E-state index contributed by atoms with van der Waals surface area (Å²) in [4.78, 5) is 11.1. The van der Waals surface area contributed by atoms with Gasteiger partial charge in [0, 0.05) is 17.1 Å². The minimum atomic E-state index is -1.05. The zero-order chi connectivity index (χ0) is 14.7. The van der Waals surface area contributed by atoms with Crippen LogP contribution >= 0.6 is 15.9 Å². The third-order valence-electron chi connectivity index (χ3n) is 2.71. The molecule has 3 nitrogen and oxygen atoms in total. The monoisotopic (exact) mass is 341 g/mol. The summed E-state index contributed by atoms with van der Waals surface area (Å²) >= 11 is 3.06. The summed E-state index contributed by atoms with van der Waals surface area (Å²) in [6.07, 6.45) is 0. The summed E-state index contributed by atoms with van der Waals surface area (Å²) < 4.78 is 26.8. The standard InChI is InChI=1S/C14H10BrF2NO2/c15-11-5-9(16)6-12(17)13(11)18-7-8-3-1-2-4-10(8)14(19)20/h1-6,18H,7H2,(H,19,20). The van der Waals surface area contributed by atoms with Crippen LogP contribution in [0.15, 0.2) is 40.9 Å². The number of carboxylic acids is 1. The fourth-order valence-corrected chi connectivity index (χ4v) is 2.33. The van der Waals surface area contributed by atoms with Crippen LogP contribution < -0.4 is 5.32 Å². The molecule has 2 aromatic carbocycles. The zero-order valence-electron chi connectivity index (χ0n) is 10.2. The van der Waals surface area contributed by atoms with Crippen molar-refractivity contribution in [3.8, 4) is 0 Å². The second-order valence-electron chi connectivity index (χ2n) is 4.06. The van der Waals surface area contributed by atoms with E-state index in [1.165, 1.54) is 6.07 Å². The lowest BCUT2D eigenvalue weighted by Gasteiger charge is -2.11. The van der Waals surface area contributed by atoms with Crippen molar-refractivity contribution >= 4 is 27.6 Å². The minimum Gasteiger partial charge on any atom is -0.478 e. The topological polar surface area (TPSA) is 49.3 Å². The smallest absolute Gasteiger partial charge is 0.336 e. The Hall–Kier alpha value is -1.95. The number of carboxylic acid groups (broad SMARTS) is 1. The number of hydrogen-bond donors (Lipinski definition) is 2. The van der Waals surface area contributed by atoms with Gasteiger partial charge in [-0.15, -0.1) is 0 Å².